The maximum Gasteiger partial charge on any atom is 0.317 e. The van der Waals surface area contributed by atoms with Crippen molar-refractivity contribution in [1.82, 2.24) is 24.9 Å². The quantitative estimate of drug-likeness (QED) is 0.729. The van der Waals surface area contributed by atoms with Gasteiger partial charge in [0.25, 0.3) is 0 Å². The molecule has 0 spiro atoms. The summed E-state index contributed by atoms with van der Waals surface area (Å²) in [7, 11) is 0. The molecule has 0 saturated carbocycles. The van der Waals surface area contributed by atoms with Crippen LogP contribution in [-0.2, 0) is 9.59 Å². The number of carbonyl (C=O) groups is 3. The molecule has 8 nitrogen and oxygen atoms in total. The molecular weight excluding hydrogens is 310 g/mol. The highest BCUT2D eigenvalue weighted by Crippen LogP contribution is 2.18. The summed E-state index contributed by atoms with van der Waals surface area (Å²) in [6, 6.07) is 0.233. The molecule has 1 N–H and O–H groups in total. The van der Waals surface area contributed by atoms with E-state index in [9.17, 15) is 14.4 Å². The second kappa shape index (κ2) is 7.38. The maximum absolute atomic E-state index is 12.5. The zero-order chi connectivity index (χ0) is 17.1. The van der Waals surface area contributed by atoms with Crippen LogP contribution in [0.5, 0.6) is 0 Å². The van der Waals surface area contributed by atoms with Gasteiger partial charge >= 0.3 is 6.03 Å². The Kier molecular flexibility index (Phi) is 5.23. The van der Waals surface area contributed by atoms with Crippen LogP contribution in [0.25, 0.3) is 0 Å². The van der Waals surface area contributed by atoms with E-state index in [1.165, 1.54) is 0 Å². The summed E-state index contributed by atoms with van der Waals surface area (Å²) in [6.07, 6.45) is 2.02. The maximum atomic E-state index is 12.5. The molecule has 0 bridgehead atoms. The Balaban J connectivity index is 1.48. The monoisotopic (exact) mass is 337 g/mol. The van der Waals surface area contributed by atoms with Crippen LogP contribution in [-0.4, -0.2) is 102 Å². The van der Waals surface area contributed by atoms with Crippen molar-refractivity contribution in [2.24, 2.45) is 0 Å². The fraction of sp³-hybridized carbons (Fsp3) is 0.812. The van der Waals surface area contributed by atoms with Gasteiger partial charge in [-0.3, -0.25) is 14.5 Å². The Hall–Kier alpha value is -1.83. The second-order valence-corrected chi connectivity index (χ2v) is 6.84. The summed E-state index contributed by atoms with van der Waals surface area (Å²) in [5.41, 5.74) is 0. The number of rotatable bonds is 3. The molecule has 3 rings (SSSR count). The molecule has 0 radical (unpaired) electrons. The predicted octanol–water partition coefficient (Wildman–Crippen LogP) is -0.833. The molecule has 8 heteroatoms. The number of urea groups is 1. The van der Waals surface area contributed by atoms with E-state index in [1.807, 2.05) is 9.80 Å². The van der Waals surface area contributed by atoms with Gasteiger partial charge in [-0.1, -0.05) is 0 Å². The molecule has 0 aromatic carbocycles. The minimum Gasteiger partial charge on any atom is -0.339 e. The summed E-state index contributed by atoms with van der Waals surface area (Å²) < 4.78 is 0. The normalized spacial score (nSPS) is 25.8. The number of piperazine rings is 1. The number of amides is 4. The van der Waals surface area contributed by atoms with Gasteiger partial charge in [0, 0.05) is 58.8 Å². The molecule has 3 fully saturated rings. The lowest BCUT2D eigenvalue weighted by Crippen LogP contribution is -2.54. The molecular formula is C16H27N5O3. The van der Waals surface area contributed by atoms with Crippen LogP contribution in [0.2, 0.25) is 0 Å². The minimum atomic E-state index is 0.0218. The van der Waals surface area contributed by atoms with Crippen LogP contribution >= 0.6 is 0 Å². The zero-order valence-electron chi connectivity index (χ0n) is 14.4. The van der Waals surface area contributed by atoms with Gasteiger partial charge in [0.1, 0.15) is 0 Å². The van der Waals surface area contributed by atoms with Crippen LogP contribution in [0.3, 0.4) is 0 Å². The first-order valence-electron chi connectivity index (χ1n) is 8.84. The first kappa shape index (κ1) is 17.0. The van der Waals surface area contributed by atoms with E-state index in [0.717, 1.165) is 32.5 Å². The smallest absolute Gasteiger partial charge is 0.317 e. The average Bonchev–Trinajstić information content (AvgIpc) is 3.01. The van der Waals surface area contributed by atoms with E-state index >= 15 is 0 Å². The number of hydrogen-bond donors (Lipinski definition) is 1. The Morgan fingerprint density at radius 1 is 1.08 bits per heavy atom. The van der Waals surface area contributed by atoms with E-state index in [1.54, 1.807) is 11.8 Å². The van der Waals surface area contributed by atoms with Crippen molar-refractivity contribution in [3.8, 4) is 0 Å². The molecule has 3 heterocycles. The van der Waals surface area contributed by atoms with Gasteiger partial charge in [0.2, 0.25) is 11.8 Å². The second-order valence-electron chi connectivity index (χ2n) is 6.84. The van der Waals surface area contributed by atoms with Crippen LogP contribution in [0, 0.1) is 0 Å². The van der Waals surface area contributed by atoms with Gasteiger partial charge in [0.05, 0.1) is 6.54 Å². The van der Waals surface area contributed by atoms with Crippen molar-refractivity contribution in [2.45, 2.75) is 25.8 Å². The van der Waals surface area contributed by atoms with Crippen LogP contribution in [0.15, 0.2) is 0 Å². The van der Waals surface area contributed by atoms with Gasteiger partial charge < -0.3 is 20.0 Å². The molecule has 0 aromatic rings. The zero-order valence-corrected chi connectivity index (χ0v) is 14.4. The van der Waals surface area contributed by atoms with E-state index in [2.05, 4.69) is 10.2 Å². The number of carbonyl (C=O) groups excluding carboxylic acids is 3. The minimum absolute atomic E-state index is 0.0218. The standard InChI is InChI=1S/C16H27N5O3/c1-13(22)19-7-9-20(10-8-19)15(23)12-18-5-2-3-14(11-18)21-6-4-17-16(21)24/h14H,2-12H2,1H3,(H,17,24). The highest BCUT2D eigenvalue weighted by atomic mass is 16.2. The number of hydrogen-bond acceptors (Lipinski definition) is 4. The fourth-order valence-electron chi connectivity index (χ4n) is 3.83. The summed E-state index contributed by atoms with van der Waals surface area (Å²) in [5, 5.41) is 2.85. The van der Waals surface area contributed by atoms with E-state index in [0.29, 0.717) is 39.3 Å². The van der Waals surface area contributed by atoms with Gasteiger partial charge in [0.15, 0.2) is 0 Å². The van der Waals surface area contributed by atoms with Crippen molar-refractivity contribution >= 4 is 17.8 Å². The van der Waals surface area contributed by atoms with Crippen molar-refractivity contribution < 1.29 is 14.4 Å². The largest absolute Gasteiger partial charge is 0.339 e. The Bertz CT molecular complexity index is 504. The average molecular weight is 337 g/mol. The van der Waals surface area contributed by atoms with Crippen molar-refractivity contribution in [3.05, 3.63) is 0 Å². The van der Waals surface area contributed by atoms with Gasteiger partial charge in [-0.15, -0.1) is 0 Å². The molecule has 3 aliphatic rings. The van der Waals surface area contributed by atoms with Crippen LogP contribution in [0.4, 0.5) is 4.79 Å². The summed E-state index contributed by atoms with van der Waals surface area (Å²) in [4.78, 5) is 43.4. The van der Waals surface area contributed by atoms with Gasteiger partial charge in [-0.25, -0.2) is 4.79 Å². The lowest BCUT2D eigenvalue weighted by molar-refractivity contribution is -0.139. The van der Waals surface area contributed by atoms with Gasteiger partial charge in [-0.2, -0.15) is 0 Å². The molecule has 4 amide bonds. The number of nitrogens with one attached hydrogen (secondary N) is 1. The Morgan fingerprint density at radius 2 is 1.79 bits per heavy atom. The molecule has 24 heavy (non-hydrogen) atoms. The molecule has 3 aliphatic heterocycles. The number of piperidine rings is 1. The molecule has 3 saturated heterocycles. The van der Waals surface area contributed by atoms with Crippen molar-refractivity contribution in [1.29, 1.82) is 0 Å². The van der Waals surface area contributed by atoms with Gasteiger partial charge in [-0.05, 0) is 19.4 Å². The lowest BCUT2D eigenvalue weighted by Gasteiger charge is -2.39. The fourth-order valence-corrected chi connectivity index (χ4v) is 3.83. The first-order valence-corrected chi connectivity index (χ1v) is 8.84. The molecule has 1 unspecified atom stereocenters. The lowest BCUT2D eigenvalue weighted by atomic mass is 10.0. The third-order valence-corrected chi connectivity index (χ3v) is 5.25. The van der Waals surface area contributed by atoms with E-state index in [4.69, 9.17) is 0 Å². The molecule has 0 aromatic heterocycles. The topological polar surface area (TPSA) is 76.2 Å². The van der Waals surface area contributed by atoms with Crippen molar-refractivity contribution in [3.63, 3.8) is 0 Å². The summed E-state index contributed by atoms with van der Waals surface area (Å²) in [5.74, 6) is 0.203. The molecule has 134 valence electrons. The Morgan fingerprint density at radius 3 is 2.42 bits per heavy atom. The highest BCUT2D eigenvalue weighted by Gasteiger charge is 2.32. The molecule has 1 atom stereocenters. The van der Waals surface area contributed by atoms with Crippen LogP contribution in [0.1, 0.15) is 19.8 Å². The first-order chi connectivity index (χ1) is 11.5. The predicted molar refractivity (Wildman–Crippen MR) is 88.4 cm³/mol. The van der Waals surface area contributed by atoms with E-state index in [-0.39, 0.29) is 23.9 Å². The van der Waals surface area contributed by atoms with Crippen molar-refractivity contribution in [2.75, 3.05) is 58.9 Å². The number of nitrogens with zero attached hydrogens (tertiary/aromatic N) is 4. The summed E-state index contributed by atoms with van der Waals surface area (Å²) >= 11 is 0. The summed E-state index contributed by atoms with van der Waals surface area (Å²) in [6.45, 7) is 7.61. The number of likely N-dealkylation sites (tertiary alicyclic amines) is 1. The SMILES string of the molecule is CC(=O)N1CCN(C(=O)CN2CCCC(N3CCNC3=O)C2)CC1. The van der Waals surface area contributed by atoms with E-state index < -0.39 is 0 Å². The Labute approximate surface area is 142 Å². The molecule has 0 aliphatic carbocycles. The van der Waals surface area contributed by atoms with Crippen LogP contribution < -0.4 is 5.32 Å². The third-order valence-electron chi connectivity index (χ3n) is 5.25. The third kappa shape index (κ3) is 3.80. The highest BCUT2D eigenvalue weighted by molar-refractivity contribution is 5.79.